The van der Waals surface area contributed by atoms with Crippen molar-refractivity contribution in [2.75, 3.05) is 12.4 Å². The molecule has 4 aromatic rings. The van der Waals surface area contributed by atoms with E-state index in [1.807, 2.05) is 30.3 Å². The molecule has 0 aliphatic heterocycles. The van der Waals surface area contributed by atoms with Crippen LogP contribution in [0.4, 0.5) is 5.13 Å². The van der Waals surface area contributed by atoms with Crippen LogP contribution in [0.3, 0.4) is 0 Å². The molecule has 0 atom stereocenters. The Morgan fingerprint density at radius 1 is 1.17 bits per heavy atom. The summed E-state index contributed by atoms with van der Waals surface area (Å²) in [5.74, 6) is 0.00622. The van der Waals surface area contributed by atoms with Gasteiger partial charge in [-0.2, -0.15) is 0 Å². The van der Waals surface area contributed by atoms with Gasteiger partial charge in [0.15, 0.2) is 10.8 Å². The van der Waals surface area contributed by atoms with Crippen molar-refractivity contribution in [3.8, 4) is 5.75 Å². The third kappa shape index (κ3) is 4.49. The van der Waals surface area contributed by atoms with Gasteiger partial charge in [0.2, 0.25) is 0 Å². The first-order valence-electron chi connectivity index (χ1n) is 9.13. The van der Waals surface area contributed by atoms with E-state index in [1.165, 1.54) is 24.5 Å². The van der Waals surface area contributed by atoms with Crippen LogP contribution >= 0.6 is 11.3 Å². The van der Waals surface area contributed by atoms with Gasteiger partial charge in [-0.25, -0.2) is 14.6 Å². The largest absolute Gasteiger partial charge is 0.497 e. The lowest BCUT2D eigenvalue weighted by Gasteiger charge is -2.07. The van der Waals surface area contributed by atoms with Crippen LogP contribution in [0.25, 0.3) is 11.0 Å². The number of aromatic nitrogens is 1. The number of carbonyl (C=O) groups is 1. The molecule has 152 valence electrons. The molecule has 7 nitrogen and oxygen atoms in total. The van der Waals surface area contributed by atoms with Crippen molar-refractivity contribution in [1.29, 1.82) is 0 Å². The molecule has 2 aromatic carbocycles. The first kappa shape index (κ1) is 19.7. The maximum Gasteiger partial charge on any atom is 0.358 e. The van der Waals surface area contributed by atoms with Crippen LogP contribution in [0, 0.1) is 0 Å². The fraction of sp³-hybridized carbons (Fsp3) is 0.136. The lowest BCUT2D eigenvalue weighted by atomic mass is 10.1. The molecule has 0 unspecified atom stereocenters. The Balaban J connectivity index is 1.43. The first-order valence-corrected chi connectivity index (χ1v) is 10.0. The van der Waals surface area contributed by atoms with Gasteiger partial charge in [-0.15, -0.1) is 11.3 Å². The minimum absolute atomic E-state index is 0.0719. The zero-order valence-electron chi connectivity index (χ0n) is 16.1. The van der Waals surface area contributed by atoms with Gasteiger partial charge in [0.25, 0.3) is 0 Å². The van der Waals surface area contributed by atoms with E-state index >= 15 is 0 Å². The number of fused-ring (bicyclic) bond motifs is 1. The number of anilines is 1. The topological polar surface area (TPSA) is 90.7 Å². The molecule has 2 aromatic heterocycles. The monoisotopic (exact) mass is 422 g/mol. The Morgan fingerprint density at radius 2 is 2.00 bits per heavy atom. The SMILES string of the molecule is COc1ccc2c(COC(=O)c3csc(NCc4ccccc4)n3)cc(=O)oc2c1. The average molecular weight is 422 g/mol. The number of nitrogens with one attached hydrogen (secondary N) is 1. The number of carbonyl (C=O) groups excluding carboxylic acids is 1. The highest BCUT2D eigenvalue weighted by Crippen LogP contribution is 2.23. The number of methoxy groups -OCH3 is 1. The number of hydrogen-bond donors (Lipinski definition) is 1. The Labute approximate surface area is 175 Å². The lowest BCUT2D eigenvalue weighted by Crippen LogP contribution is -2.08. The molecule has 30 heavy (non-hydrogen) atoms. The molecule has 0 amide bonds. The van der Waals surface area contributed by atoms with Crippen molar-refractivity contribution < 1.29 is 18.7 Å². The third-order valence-corrected chi connectivity index (χ3v) is 5.20. The minimum Gasteiger partial charge on any atom is -0.497 e. The van der Waals surface area contributed by atoms with Gasteiger partial charge < -0.3 is 19.2 Å². The Morgan fingerprint density at radius 3 is 2.80 bits per heavy atom. The van der Waals surface area contributed by atoms with Gasteiger partial charge >= 0.3 is 11.6 Å². The van der Waals surface area contributed by atoms with E-state index in [4.69, 9.17) is 13.9 Å². The molecule has 4 rings (SSSR count). The predicted molar refractivity (Wildman–Crippen MR) is 114 cm³/mol. The number of benzene rings is 2. The second-order valence-electron chi connectivity index (χ2n) is 6.41. The van der Waals surface area contributed by atoms with Crippen LogP contribution in [0.1, 0.15) is 21.6 Å². The summed E-state index contributed by atoms with van der Waals surface area (Å²) in [6.07, 6.45) is 0. The molecular formula is C22H18N2O5S. The number of thiazole rings is 1. The van der Waals surface area contributed by atoms with E-state index in [-0.39, 0.29) is 12.3 Å². The maximum absolute atomic E-state index is 12.4. The van der Waals surface area contributed by atoms with Gasteiger partial charge in [-0.05, 0) is 17.7 Å². The number of rotatable bonds is 7. The summed E-state index contributed by atoms with van der Waals surface area (Å²) >= 11 is 1.33. The molecule has 0 bridgehead atoms. The van der Waals surface area contributed by atoms with Crippen LogP contribution in [0.15, 0.2) is 69.2 Å². The van der Waals surface area contributed by atoms with Crippen LogP contribution in [0.5, 0.6) is 5.75 Å². The van der Waals surface area contributed by atoms with Crippen molar-refractivity contribution in [3.05, 3.63) is 87.2 Å². The fourth-order valence-corrected chi connectivity index (χ4v) is 3.57. The van der Waals surface area contributed by atoms with E-state index in [0.717, 1.165) is 5.56 Å². The Kier molecular flexibility index (Phi) is 5.76. The summed E-state index contributed by atoms with van der Waals surface area (Å²) in [7, 11) is 1.53. The molecule has 0 fully saturated rings. The fourth-order valence-electron chi connectivity index (χ4n) is 2.90. The van der Waals surface area contributed by atoms with Crippen molar-refractivity contribution in [1.82, 2.24) is 4.98 Å². The van der Waals surface area contributed by atoms with E-state index in [2.05, 4.69) is 10.3 Å². The van der Waals surface area contributed by atoms with Crippen molar-refractivity contribution in [2.45, 2.75) is 13.2 Å². The second kappa shape index (κ2) is 8.79. The Hall–Kier alpha value is -3.65. The van der Waals surface area contributed by atoms with Crippen LogP contribution in [-0.4, -0.2) is 18.1 Å². The van der Waals surface area contributed by atoms with E-state index in [0.29, 0.717) is 34.0 Å². The maximum atomic E-state index is 12.4. The zero-order valence-corrected chi connectivity index (χ0v) is 16.9. The highest BCUT2D eigenvalue weighted by molar-refractivity contribution is 7.13. The number of hydrogen-bond acceptors (Lipinski definition) is 8. The van der Waals surface area contributed by atoms with E-state index < -0.39 is 11.6 Å². The van der Waals surface area contributed by atoms with Crippen molar-refractivity contribution in [2.24, 2.45) is 0 Å². The summed E-state index contributed by atoms with van der Waals surface area (Å²) in [6.45, 7) is 0.537. The number of nitrogens with zero attached hydrogens (tertiary/aromatic N) is 1. The predicted octanol–water partition coefficient (Wildman–Crippen LogP) is 4.23. The van der Waals surface area contributed by atoms with Crippen LogP contribution < -0.4 is 15.7 Å². The smallest absolute Gasteiger partial charge is 0.358 e. The van der Waals surface area contributed by atoms with Gasteiger partial charge in [-0.3, -0.25) is 0 Å². The average Bonchev–Trinajstić information content (AvgIpc) is 3.25. The number of ether oxygens (including phenoxy) is 2. The normalized spacial score (nSPS) is 10.7. The zero-order chi connectivity index (χ0) is 20.9. The van der Waals surface area contributed by atoms with Crippen LogP contribution in [-0.2, 0) is 17.9 Å². The number of esters is 1. The molecule has 0 aliphatic carbocycles. The molecule has 0 aliphatic rings. The molecule has 0 saturated carbocycles. The van der Waals surface area contributed by atoms with Gasteiger partial charge in [-0.1, -0.05) is 30.3 Å². The second-order valence-corrected chi connectivity index (χ2v) is 7.26. The summed E-state index contributed by atoms with van der Waals surface area (Å²) < 4.78 is 15.7. The third-order valence-electron chi connectivity index (χ3n) is 4.40. The van der Waals surface area contributed by atoms with Crippen molar-refractivity contribution in [3.63, 3.8) is 0 Å². The molecule has 0 spiro atoms. The van der Waals surface area contributed by atoms with E-state index in [1.54, 1.807) is 23.6 Å². The summed E-state index contributed by atoms with van der Waals surface area (Å²) in [6, 6.07) is 16.3. The van der Waals surface area contributed by atoms with E-state index in [9.17, 15) is 9.59 Å². The quantitative estimate of drug-likeness (QED) is 0.352. The molecule has 0 radical (unpaired) electrons. The molecule has 2 heterocycles. The van der Waals surface area contributed by atoms with Gasteiger partial charge in [0.1, 0.15) is 17.9 Å². The summed E-state index contributed by atoms with van der Waals surface area (Å²) in [5, 5.41) is 6.12. The summed E-state index contributed by atoms with van der Waals surface area (Å²) in [4.78, 5) is 28.5. The Bertz CT molecular complexity index is 1230. The van der Waals surface area contributed by atoms with Gasteiger partial charge in [0, 0.05) is 35.0 Å². The molecular weight excluding hydrogens is 404 g/mol. The molecule has 0 saturated heterocycles. The van der Waals surface area contributed by atoms with Crippen molar-refractivity contribution >= 4 is 33.4 Å². The van der Waals surface area contributed by atoms with Crippen LogP contribution in [0.2, 0.25) is 0 Å². The highest BCUT2D eigenvalue weighted by atomic mass is 32.1. The standard InChI is InChI=1S/C22H18N2O5S/c1-27-16-7-8-17-15(9-20(25)29-19(17)10-16)12-28-21(26)18-13-30-22(24-18)23-11-14-5-3-2-4-6-14/h2-10,13H,11-12H2,1H3,(H,23,24). The van der Waals surface area contributed by atoms with Gasteiger partial charge in [0.05, 0.1) is 7.11 Å². The summed E-state index contributed by atoms with van der Waals surface area (Å²) in [5.41, 5.74) is 1.72. The lowest BCUT2D eigenvalue weighted by molar-refractivity contribution is 0.0468. The molecule has 1 N–H and O–H groups in total. The highest BCUT2D eigenvalue weighted by Gasteiger charge is 2.14. The first-order chi connectivity index (χ1) is 14.6. The molecule has 8 heteroatoms. The minimum atomic E-state index is -0.561.